The Hall–Kier alpha value is -3.02. The Kier molecular flexibility index (Phi) is 9.31. The van der Waals surface area contributed by atoms with E-state index in [1.165, 1.54) is 25.2 Å². The third-order valence-corrected chi connectivity index (χ3v) is 3.39. The molecule has 0 aliphatic heterocycles. The predicted octanol–water partition coefficient (Wildman–Crippen LogP) is 3.70. The van der Waals surface area contributed by atoms with Crippen LogP contribution in [0.4, 0.5) is 9.59 Å². The van der Waals surface area contributed by atoms with E-state index in [-0.39, 0.29) is 0 Å². The van der Waals surface area contributed by atoms with E-state index in [0.717, 1.165) is 11.1 Å². The molecule has 6 nitrogen and oxygen atoms in total. The predicted molar refractivity (Wildman–Crippen MR) is 101 cm³/mol. The third kappa shape index (κ3) is 8.73. The van der Waals surface area contributed by atoms with Gasteiger partial charge in [0.2, 0.25) is 0 Å². The van der Waals surface area contributed by atoms with Crippen LogP contribution in [0.25, 0.3) is 0 Å². The summed E-state index contributed by atoms with van der Waals surface area (Å²) < 4.78 is 9.73. The highest BCUT2D eigenvalue weighted by atomic mass is 16.6. The zero-order chi connectivity index (χ0) is 19.4. The summed E-state index contributed by atoms with van der Waals surface area (Å²) in [6.45, 7) is 4.67. The minimum Gasteiger partial charge on any atom is -0.445 e. The van der Waals surface area contributed by atoms with Gasteiger partial charge in [0, 0.05) is 14.1 Å². The largest absolute Gasteiger partial charge is 0.445 e. The maximum atomic E-state index is 10.7. The summed E-state index contributed by atoms with van der Waals surface area (Å²) in [5.74, 6) is 0. The lowest BCUT2D eigenvalue weighted by Gasteiger charge is -2.03. The first-order valence-corrected chi connectivity index (χ1v) is 8.24. The zero-order valence-electron chi connectivity index (χ0n) is 15.7. The lowest BCUT2D eigenvalue weighted by Crippen LogP contribution is -2.18. The van der Waals surface area contributed by atoms with Gasteiger partial charge in [0.05, 0.1) is 0 Å². The molecule has 140 valence electrons. The van der Waals surface area contributed by atoms with Crippen LogP contribution in [0.1, 0.15) is 22.3 Å². The standard InChI is InChI=1S/2C10H13NO2/c2*1-8-3-5-9(6-4-8)7-13-10(12)11-2/h2*3-6H,7H2,1-2H3,(H,11,12). The molecule has 0 bridgehead atoms. The maximum Gasteiger partial charge on any atom is 0.407 e. The van der Waals surface area contributed by atoms with E-state index in [4.69, 9.17) is 9.47 Å². The fraction of sp³-hybridized carbons (Fsp3) is 0.300. The van der Waals surface area contributed by atoms with E-state index in [2.05, 4.69) is 10.6 Å². The Labute approximate surface area is 154 Å². The number of hydrogen-bond acceptors (Lipinski definition) is 4. The highest BCUT2D eigenvalue weighted by molar-refractivity contribution is 5.66. The van der Waals surface area contributed by atoms with Gasteiger partial charge in [0.25, 0.3) is 0 Å². The summed E-state index contributed by atoms with van der Waals surface area (Å²) in [6, 6.07) is 15.7. The number of carbonyl (C=O) groups is 2. The van der Waals surface area contributed by atoms with Crippen molar-refractivity contribution in [3.8, 4) is 0 Å². The molecule has 0 radical (unpaired) electrons. The number of amides is 2. The molecule has 0 spiro atoms. The molecule has 0 saturated heterocycles. The molecule has 0 aromatic heterocycles. The topological polar surface area (TPSA) is 76.7 Å². The Morgan fingerprint density at radius 2 is 1.00 bits per heavy atom. The lowest BCUT2D eigenvalue weighted by atomic mass is 10.2. The van der Waals surface area contributed by atoms with E-state index in [1.54, 1.807) is 0 Å². The highest BCUT2D eigenvalue weighted by Gasteiger charge is 1.98. The van der Waals surface area contributed by atoms with Crippen LogP contribution in [0.5, 0.6) is 0 Å². The van der Waals surface area contributed by atoms with Gasteiger partial charge >= 0.3 is 12.2 Å². The van der Waals surface area contributed by atoms with Crippen molar-refractivity contribution in [1.82, 2.24) is 10.6 Å². The van der Waals surface area contributed by atoms with Gasteiger partial charge < -0.3 is 20.1 Å². The average molecular weight is 358 g/mol. The van der Waals surface area contributed by atoms with Crippen LogP contribution in [-0.2, 0) is 22.7 Å². The van der Waals surface area contributed by atoms with Crippen LogP contribution >= 0.6 is 0 Å². The highest BCUT2D eigenvalue weighted by Crippen LogP contribution is 2.05. The Morgan fingerprint density at radius 3 is 1.27 bits per heavy atom. The number of carbonyl (C=O) groups excluding carboxylic acids is 2. The number of nitrogens with one attached hydrogen (secondary N) is 2. The summed E-state index contributed by atoms with van der Waals surface area (Å²) >= 11 is 0. The smallest absolute Gasteiger partial charge is 0.407 e. The molecular formula is C20H26N2O4. The molecule has 2 amide bonds. The van der Waals surface area contributed by atoms with Gasteiger partial charge in [-0.05, 0) is 25.0 Å². The molecular weight excluding hydrogens is 332 g/mol. The van der Waals surface area contributed by atoms with Crippen molar-refractivity contribution in [3.05, 3.63) is 70.8 Å². The Balaban J connectivity index is 0.000000260. The number of hydrogen-bond donors (Lipinski definition) is 2. The minimum atomic E-state index is -0.402. The first-order valence-electron chi connectivity index (χ1n) is 8.24. The molecule has 2 N–H and O–H groups in total. The minimum absolute atomic E-state index is 0.319. The number of benzene rings is 2. The van der Waals surface area contributed by atoms with Crippen molar-refractivity contribution in [2.24, 2.45) is 0 Å². The van der Waals surface area contributed by atoms with Gasteiger partial charge in [-0.3, -0.25) is 0 Å². The van der Waals surface area contributed by atoms with Crippen LogP contribution < -0.4 is 10.6 Å². The fourth-order valence-corrected chi connectivity index (χ4v) is 1.81. The molecule has 0 saturated carbocycles. The molecule has 6 heteroatoms. The van der Waals surface area contributed by atoms with Crippen molar-refractivity contribution in [2.75, 3.05) is 14.1 Å². The summed E-state index contributed by atoms with van der Waals surface area (Å²) in [5, 5.41) is 4.77. The lowest BCUT2D eigenvalue weighted by molar-refractivity contribution is 0.141. The van der Waals surface area contributed by atoms with Crippen LogP contribution in [0.15, 0.2) is 48.5 Å². The molecule has 0 heterocycles. The SMILES string of the molecule is CNC(=O)OCc1ccc(C)cc1.CNC(=O)OCc1ccc(C)cc1. The Bertz CT molecular complexity index is 620. The fourth-order valence-electron chi connectivity index (χ4n) is 1.81. The van der Waals surface area contributed by atoms with Crippen LogP contribution in [-0.4, -0.2) is 26.3 Å². The molecule has 2 aromatic carbocycles. The van der Waals surface area contributed by atoms with Crippen LogP contribution in [0.3, 0.4) is 0 Å². The first kappa shape index (κ1) is 21.0. The van der Waals surface area contributed by atoms with Crippen molar-refractivity contribution in [2.45, 2.75) is 27.1 Å². The number of rotatable bonds is 4. The van der Waals surface area contributed by atoms with Crippen LogP contribution in [0, 0.1) is 13.8 Å². The molecule has 0 fully saturated rings. The van der Waals surface area contributed by atoms with Crippen molar-refractivity contribution < 1.29 is 19.1 Å². The molecule has 0 atom stereocenters. The monoisotopic (exact) mass is 358 g/mol. The van der Waals surface area contributed by atoms with E-state index < -0.39 is 12.2 Å². The normalized spacial score (nSPS) is 9.38. The van der Waals surface area contributed by atoms with E-state index in [0.29, 0.717) is 13.2 Å². The van der Waals surface area contributed by atoms with Crippen molar-refractivity contribution in [1.29, 1.82) is 0 Å². The third-order valence-electron chi connectivity index (χ3n) is 3.39. The van der Waals surface area contributed by atoms with Gasteiger partial charge in [-0.25, -0.2) is 9.59 Å². The van der Waals surface area contributed by atoms with E-state index in [1.807, 2.05) is 62.4 Å². The van der Waals surface area contributed by atoms with Crippen LogP contribution in [0.2, 0.25) is 0 Å². The zero-order valence-corrected chi connectivity index (χ0v) is 15.7. The second kappa shape index (κ2) is 11.5. The molecule has 0 unspecified atom stereocenters. The first-order chi connectivity index (χ1) is 12.4. The summed E-state index contributed by atoms with van der Waals surface area (Å²) in [6.07, 6.45) is -0.804. The second-order valence-corrected chi connectivity index (χ2v) is 5.62. The van der Waals surface area contributed by atoms with Gasteiger partial charge in [0.1, 0.15) is 13.2 Å². The van der Waals surface area contributed by atoms with E-state index in [9.17, 15) is 9.59 Å². The molecule has 2 aromatic rings. The van der Waals surface area contributed by atoms with Gasteiger partial charge in [-0.1, -0.05) is 59.7 Å². The van der Waals surface area contributed by atoms with Gasteiger partial charge in [-0.2, -0.15) is 0 Å². The molecule has 0 aliphatic rings. The van der Waals surface area contributed by atoms with Crippen molar-refractivity contribution in [3.63, 3.8) is 0 Å². The molecule has 2 rings (SSSR count). The molecule has 26 heavy (non-hydrogen) atoms. The number of ether oxygens (including phenoxy) is 2. The summed E-state index contributed by atoms with van der Waals surface area (Å²) in [7, 11) is 3.08. The van der Waals surface area contributed by atoms with Gasteiger partial charge in [0.15, 0.2) is 0 Å². The van der Waals surface area contributed by atoms with Crippen molar-refractivity contribution >= 4 is 12.2 Å². The quantitative estimate of drug-likeness (QED) is 0.874. The second-order valence-electron chi connectivity index (χ2n) is 5.62. The Morgan fingerprint density at radius 1 is 0.692 bits per heavy atom. The maximum absolute atomic E-state index is 10.7. The summed E-state index contributed by atoms with van der Waals surface area (Å²) in [5.41, 5.74) is 4.38. The number of alkyl carbamates (subject to hydrolysis) is 2. The van der Waals surface area contributed by atoms with E-state index >= 15 is 0 Å². The number of aryl methyl sites for hydroxylation is 2. The van der Waals surface area contributed by atoms with Gasteiger partial charge in [-0.15, -0.1) is 0 Å². The summed E-state index contributed by atoms with van der Waals surface area (Å²) in [4.78, 5) is 21.4. The average Bonchev–Trinajstić information content (AvgIpc) is 2.67. The molecule has 0 aliphatic carbocycles.